The van der Waals surface area contributed by atoms with Gasteiger partial charge in [0.2, 0.25) is 0 Å². The number of hydrogen-bond acceptors (Lipinski definition) is 6. The van der Waals surface area contributed by atoms with E-state index in [1.807, 2.05) is 24.3 Å². The molecule has 2 amide bonds. The minimum absolute atomic E-state index is 0.0682. The van der Waals surface area contributed by atoms with Gasteiger partial charge in [0.05, 0.1) is 0 Å². The Kier molecular flexibility index (Phi) is 5.70. The van der Waals surface area contributed by atoms with Crippen molar-refractivity contribution in [2.24, 2.45) is 5.73 Å². The quantitative estimate of drug-likeness (QED) is 0.535. The average molecular weight is 425 g/mol. The summed E-state index contributed by atoms with van der Waals surface area (Å²) in [5.74, 6) is -0.278. The van der Waals surface area contributed by atoms with E-state index in [2.05, 4.69) is 5.32 Å². The molecule has 0 bridgehead atoms. The second-order valence-electron chi connectivity index (χ2n) is 8.19. The molecule has 8 heteroatoms. The summed E-state index contributed by atoms with van der Waals surface area (Å²) in [7, 11) is 1.77. The summed E-state index contributed by atoms with van der Waals surface area (Å²) in [6, 6.07) is 13.0. The Bertz CT molecular complexity index is 978. The number of aliphatic hydroxyl groups is 2. The Balaban J connectivity index is 1.41. The zero-order chi connectivity index (χ0) is 22.2. The molecule has 1 saturated heterocycles. The largest absolute Gasteiger partial charge is 0.388 e. The standard InChI is InChI=1S/C23H28N4O4/c1-25-19-14-17(6-7-18(19)20(24)28)15-2-4-16(5-3-15)21(29)26-10-12-27(13-11-26)22(30)23(31)8-9-23/h2-7,14,20,25,28,31H,8-13,24H2,1H3. The molecule has 5 N–H and O–H groups in total. The summed E-state index contributed by atoms with van der Waals surface area (Å²) in [5, 5.41) is 22.7. The zero-order valence-electron chi connectivity index (χ0n) is 17.5. The molecule has 2 aliphatic rings. The number of hydrogen-bond donors (Lipinski definition) is 4. The van der Waals surface area contributed by atoms with Crippen LogP contribution in [-0.4, -0.2) is 70.7 Å². The first kappa shape index (κ1) is 21.3. The lowest BCUT2D eigenvalue weighted by atomic mass is 10.00. The van der Waals surface area contributed by atoms with Crippen molar-refractivity contribution >= 4 is 17.5 Å². The number of carbonyl (C=O) groups is 2. The van der Waals surface area contributed by atoms with Gasteiger partial charge >= 0.3 is 0 Å². The molecule has 31 heavy (non-hydrogen) atoms. The van der Waals surface area contributed by atoms with Crippen molar-refractivity contribution in [3.63, 3.8) is 0 Å². The highest BCUT2D eigenvalue weighted by Gasteiger charge is 2.50. The smallest absolute Gasteiger partial charge is 0.254 e. The van der Waals surface area contributed by atoms with E-state index in [1.165, 1.54) is 0 Å². The van der Waals surface area contributed by atoms with Gasteiger partial charge in [0.25, 0.3) is 11.8 Å². The molecule has 1 saturated carbocycles. The number of nitrogens with two attached hydrogens (primary N) is 1. The SMILES string of the molecule is CNc1cc(-c2ccc(C(=O)N3CCN(C(=O)C4(O)CC4)CC3)cc2)ccc1C(N)O. The molecular formula is C23H28N4O4. The fourth-order valence-corrected chi connectivity index (χ4v) is 3.94. The number of amides is 2. The van der Waals surface area contributed by atoms with Gasteiger partial charge < -0.3 is 31.1 Å². The Labute approximate surface area is 181 Å². The normalized spacial score (nSPS) is 18.5. The maximum Gasteiger partial charge on any atom is 0.254 e. The van der Waals surface area contributed by atoms with Crippen molar-refractivity contribution in [3.8, 4) is 11.1 Å². The molecule has 1 heterocycles. The summed E-state index contributed by atoms with van der Waals surface area (Å²) >= 11 is 0. The molecule has 0 aromatic heterocycles. The van der Waals surface area contributed by atoms with Gasteiger partial charge in [0, 0.05) is 50.0 Å². The van der Waals surface area contributed by atoms with E-state index in [0.29, 0.717) is 50.1 Å². The minimum Gasteiger partial charge on any atom is -0.388 e. The van der Waals surface area contributed by atoms with Crippen LogP contribution in [-0.2, 0) is 4.79 Å². The Morgan fingerprint density at radius 3 is 2.13 bits per heavy atom. The van der Waals surface area contributed by atoms with Gasteiger partial charge in [0.15, 0.2) is 0 Å². The molecule has 4 rings (SSSR count). The first-order valence-electron chi connectivity index (χ1n) is 10.5. The van der Waals surface area contributed by atoms with Crippen LogP contribution >= 0.6 is 0 Å². The van der Waals surface area contributed by atoms with E-state index in [4.69, 9.17) is 5.73 Å². The van der Waals surface area contributed by atoms with E-state index in [1.54, 1.807) is 35.0 Å². The first-order chi connectivity index (χ1) is 14.8. The van der Waals surface area contributed by atoms with Gasteiger partial charge in [-0.3, -0.25) is 9.59 Å². The van der Waals surface area contributed by atoms with Crippen LogP contribution in [0.15, 0.2) is 42.5 Å². The lowest BCUT2D eigenvalue weighted by molar-refractivity contribution is -0.143. The van der Waals surface area contributed by atoms with E-state index in [0.717, 1.165) is 16.8 Å². The number of benzene rings is 2. The summed E-state index contributed by atoms with van der Waals surface area (Å²) in [5.41, 5.74) is 8.27. The second kappa shape index (κ2) is 8.30. The molecule has 1 aliphatic carbocycles. The van der Waals surface area contributed by atoms with Crippen LogP contribution in [0.25, 0.3) is 11.1 Å². The number of piperazine rings is 1. The molecule has 0 radical (unpaired) electrons. The van der Waals surface area contributed by atoms with E-state index >= 15 is 0 Å². The highest BCUT2D eigenvalue weighted by atomic mass is 16.3. The monoisotopic (exact) mass is 424 g/mol. The maximum atomic E-state index is 12.9. The summed E-state index contributed by atoms with van der Waals surface area (Å²) in [6.07, 6.45) is 0.00478. The predicted molar refractivity (Wildman–Crippen MR) is 117 cm³/mol. The molecule has 1 atom stereocenters. The highest BCUT2D eigenvalue weighted by Crippen LogP contribution is 2.37. The van der Waals surface area contributed by atoms with Crippen LogP contribution in [0.2, 0.25) is 0 Å². The minimum atomic E-state index is -1.16. The van der Waals surface area contributed by atoms with Gasteiger partial charge in [-0.15, -0.1) is 0 Å². The van der Waals surface area contributed by atoms with E-state index in [9.17, 15) is 19.8 Å². The topological polar surface area (TPSA) is 119 Å². The Morgan fingerprint density at radius 2 is 1.58 bits per heavy atom. The fourth-order valence-electron chi connectivity index (χ4n) is 3.94. The van der Waals surface area contributed by atoms with Crippen LogP contribution in [0.3, 0.4) is 0 Å². The molecule has 0 spiro atoms. The second-order valence-corrected chi connectivity index (χ2v) is 8.19. The first-order valence-corrected chi connectivity index (χ1v) is 10.5. The van der Waals surface area contributed by atoms with Gasteiger partial charge in [0.1, 0.15) is 11.8 Å². The number of carbonyl (C=O) groups excluding carboxylic acids is 2. The fraction of sp³-hybridized carbons (Fsp3) is 0.391. The average Bonchev–Trinajstić information content (AvgIpc) is 3.56. The van der Waals surface area contributed by atoms with Gasteiger partial charge in [-0.2, -0.15) is 0 Å². The van der Waals surface area contributed by atoms with Crippen molar-refractivity contribution in [3.05, 3.63) is 53.6 Å². The summed E-state index contributed by atoms with van der Waals surface area (Å²) in [6.45, 7) is 1.79. The van der Waals surface area contributed by atoms with Crippen molar-refractivity contribution in [2.45, 2.75) is 24.7 Å². The summed E-state index contributed by atoms with van der Waals surface area (Å²) in [4.78, 5) is 28.5. The van der Waals surface area contributed by atoms with Crippen LogP contribution in [0, 0.1) is 0 Å². The number of rotatable bonds is 5. The van der Waals surface area contributed by atoms with Crippen molar-refractivity contribution in [1.82, 2.24) is 9.80 Å². The lowest BCUT2D eigenvalue weighted by Gasteiger charge is -2.35. The molecular weight excluding hydrogens is 396 g/mol. The van der Waals surface area contributed by atoms with E-state index < -0.39 is 11.8 Å². The molecule has 8 nitrogen and oxygen atoms in total. The lowest BCUT2D eigenvalue weighted by Crippen LogP contribution is -2.53. The third kappa shape index (κ3) is 4.27. The predicted octanol–water partition coefficient (Wildman–Crippen LogP) is 1.15. The number of nitrogens with zero attached hydrogens (tertiary/aromatic N) is 2. The Morgan fingerprint density at radius 1 is 1.00 bits per heavy atom. The molecule has 2 aromatic rings. The molecule has 2 fully saturated rings. The third-order valence-corrected chi connectivity index (χ3v) is 6.08. The molecule has 164 valence electrons. The zero-order valence-corrected chi connectivity index (χ0v) is 17.5. The van der Waals surface area contributed by atoms with Crippen LogP contribution in [0.1, 0.15) is 35.0 Å². The van der Waals surface area contributed by atoms with Crippen molar-refractivity contribution in [1.29, 1.82) is 0 Å². The van der Waals surface area contributed by atoms with Gasteiger partial charge in [-0.05, 0) is 42.2 Å². The number of nitrogens with one attached hydrogen (secondary N) is 1. The Hall–Kier alpha value is -2.94. The van der Waals surface area contributed by atoms with Gasteiger partial charge in [-0.25, -0.2) is 0 Å². The van der Waals surface area contributed by atoms with Crippen molar-refractivity contribution in [2.75, 3.05) is 38.5 Å². The van der Waals surface area contributed by atoms with E-state index in [-0.39, 0.29) is 11.8 Å². The van der Waals surface area contributed by atoms with Crippen LogP contribution in [0.5, 0.6) is 0 Å². The highest BCUT2D eigenvalue weighted by molar-refractivity contribution is 5.95. The summed E-state index contributed by atoms with van der Waals surface area (Å²) < 4.78 is 0. The number of aliphatic hydroxyl groups excluding tert-OH is 1. The van der Waals surface area contributed by atoms with Crippen LogP contribution < -0.4 is 11.1 Å². The molecule has 2 aromatic carbocycles. The molecule has 1 aliphatic heterocycles. The maximum absolute atomic E-state index is 12.9. The van der Waals surface area contributed by atoms with Crippen LogP contribution in [0.4, 0.5) is 5.69 Å². The molecule has 1 unspecified atom stereocenters. The third-order valence-electron chi connectivity index (χ3n) is 6.08. The number of anilines is 1. The van der Waals surface area contributed by atoms with Gasteiger partial charge in [-0.1, -0.05) is 24.3 Å². The van der Waals surface area contributed by atoms with Crippen molar-refractivity contribution < 1.29 is 19.8 Å².